The summed E-state index contributed by atoms with van der Waals surface area (Å²) >= 11 is 0. The maximum atomic E-state index is 5.91. The fraction of sp³-hybridized carbons (Fsp3) is 0.250. The largest absolute Gasteiger partial charge is 0.486 e. The first kappa shape index (κ1) is 12.5. The second-order valence-corrected chi connectivity index (χ2v) is 4.70. The number of benzene rings is 2. The Kier molecular flexibility index (Phi) is 3.56. The van der Waals surface area contributed by atoms with Crippen LogP contribution in [0.15, 0.2) is 36.4 Å². The molecule has 0 atom stereocenters. The predicted octanol–water partition coefficient (Wildman–Crippen LogP) is 3.77. The molecule has 94 valence electrons. The summed E-state index contributed by atoms with van der Waals surface area (Å²) in [6.07, 6.45) is 0. The van der Waals surface area contributed by atoms with E-state index in [9.17, 15) is 0 Å². The third kappa shape index (κ3) is 2.65. The van der Waals surface area contributed by atoms with Gasteiger partial charge in [0.05, 0.1) is 5.69 Å². The summed E-state index contributed by atoms with van der Waals surface area (Å²) in [5, 5.41) is 0. The number of nitrogen functional groups attached to an aromatic ring is 1. The van der Waals surface area contributed by atoms with Gasteiger partial charge in [-0.1, -0.05) is 30.3 Å². The van der Waals surface area contributed by atoms with Crippen molar-refractivity contribution in [1.29, 1.82) is 0 Å². The van der Waals surface area contributed by atoms with Crippen molar-refractivity contribution < 1.29 is 4.74 Å². The van der Waals surface area contributed by atoms with Gasteiger partial charge in [0.2, 0.25) is 0 Å². The Morgan fingerprint density at radius 1 is 0.944 bits per heavy atom. The number of para-hydroxylation sites is 1. The van der Waals surface area contributed by atoms with E-state index in [0.29, 0.717) is 12.3 Å². The van der Waals surface area contributed by atoms with Crippen LogP contribution in [0.1, 0.15) is 22.3 Å². The van der Waals surface area contributed by atoms with Crippen LogP contribution in [-0.2, 0) is 6.61 Å². The number of hydrogen-bond acceptors (Lipinski definition) is 2. The standard InChI is InChI=1S/C16H19NO/c1-11-7-8-14(9-13(11)3)10-18-16-12(2)5-4-6-15(16)17/h4-9H,10,17H2,1-3H3. The summed E-state index contributed by atoms with van der Waals surface area (Å²) in [4.78, 5) is 0. The number of ether oxygens (including phenoxy) is 1. The molecule has 0 amide bonds. The highest BCUT2D eigenvalue weighted by atomic mass is 16.5. The van der Waals surface area contributed by atoms with E-state index in [0.717, 1.165) is 11.3 Å². The van der Waals surface area contributed by atoms with E-state index in [2.05, 4.69) is 32.0 Å². The molecule has 0 aliphatic carbocycles. The van der Waals surface area contributed by atoms with E-state index in [4.69, 9.17) is 10.5 Å². The van der Waals surface area contributed by atoms with Crippen molar-refractivity contribution in [3.63, 3.8) is 0 Å². The zero-order valence-corrected chi connectivity index (χ0v) is 11.2. The summed E-state index contributed by atoms with van der Waals surface area (Å²) < 4.78 is 5.82. The first-order valence-corrected chi connectivity index (χ1v) is 6.12. The smallest absolute Gasteiger partial charge is 0.145 e. The number of nitrogens with two attached hydrogens (primary N) is 1. The average molecular weight is 241 g/mol. The maximum absolute atomic E-state index is 5.91. The van der Waals surface area contributed by atoms with E-state index in [1.54, 1.807) is 0 Å². The monoisotopic (exact) mass is 241 g/mol. The molecule has 2 rings (SSSR count). The van der Waals surface area contributed by atoms with Crippen molar-refractivity contribution in [3.8, 4) is 5.75 Å². The highest BCUT2D eigenvalue weighted by molar-refractivity contribution is 5.56. The maximum Gasteiger partial charge on any atom is 0.145 e. The van der Waals surface area contributed by atoms with Gasteiger partial charge in [0.15, 0.2) is 0 Å². The molecule has 2 N–H and O–H groups in total. The van der Waals surface area contributed by atoms with E-state index in [1.807, 2.05) is 25.1 Å². The van der Waals surface area contributed by atoms with Crippen molar-refractivity contribution in [2.24, 2.45) is 0 Å². The molecule has 0 aromatic heterocycles. The summed E-state index contributed by atoms with van der Waals surface area (Å²) in [5.74, 6) is 0.788. The van der Waals surface area contributed by atoms with Crippen molar-refractivity contribution in [1.82, 2.24) is 0 Å². The van der Waals surface area contributed by atoms with Crippen LogP contribution >= 0.6 is 0 Å². The van der Waals surface area contributed by atoms with Crippen molar-refractivity contribution in [2.45, 2.75) is 27.4 Å². The highest BCUT2D eigenvalue weighted by Gasteiger charge is 2.04. The first-order chi connectivity index (χ1) is 8.58. The summed E-state index contributed by atoms with van der Waals surface area (Å²) in [6.45, 7) is 6.78. The minimum absolute atomic E-state index is 0.552. The lowest BCUT2D eigenvalue weighted by molar-refractivity contribution is 0.306. The number of rotatable bonds is 3. The van der Waals surface area contributed by atoms with Gasteiger partial charge in [0.1, 0.15) is 12.4 Å². The molecule has 2 heteroatoms. The molecule has 0 bridgehead atoms. The molecule has 2 aromatic rings. The number of anilines is 1. The van der Waals surface area contributed by atoms with E-state index >= 15 is 0 Å². The summed E-state index contributed by atoms with van der Waals surface area (Å²) in [7, 11) is 0. The minimum atomic E-state index is 0.552. The lowest BCUT2D eigenvalue weighted by atomic mass is 10.1. The number of aryl methyl sites for hydroxylation is 3. The van der Waals surface area contributed by atoms with Crippen molar-refractivity contribution >= 4 is 5.69 Å². The molecule has 0 fully saturated rings. The van der Waals surface area contributed by atoms with Crippen LogP contribution in [0.25, 0.3) is 0 Å². The van der Waals surface area contributed by atoms with Crippen LogP contribution in [0.2, 0.25) is 0 Å². The SMILES string of the molecule is Cc1ccc(COc2c(C)cccc2N)cc1C. The normalized spacial score (nSPS) is 10.4. The Morgan fingerprint density at radius 3 is 2.39 bits per heavy atom. The zero-order chi connectivity index (χ0) is 13.1. The Morgan fingerprint density at radius 2 is 1.72 bits per heavy atom. The second kappa shape index (κ2) is 5.13. The predicted molar refractivity (Wildman–Crippen MR) is 75.8 cm³/mol. The molecule has 0 radical (unpaired) electrons. The van der Waals surface area contributed by atoms with Gasteiger partial charge in [-0.25, -0.2) is 0 Å². The Hall–Kier alpha value is -1.96. The van der Waals surface area contributed by atoms with E-state index < -0.39 is 0 Å². The Balaban J connectivity index is 2.14. The fourth-order valence-electron chi connectivity index (χ4n) is 1.92. The van der Waals surface area contributed by atoms with Gasteiger partial charge in [-0.15, -0.1) is 0 Å². The topological polar surface area (TPSA) is 35.2 Å². The van der Waals surface area contributed by atoms with Crippen LogP contribution in [0.5, 0.6) is 5.75 Å². The zero-order valence-electron chi connectivity index (χ0n) is 11.2. The highest BCUT2D eigenvalue weighted by Crippen LogP contribution is 2.26. The fourth-order valence-corrected chi connectivity index (χ4v) is 1.92. The van der Waals surface area contributed by atoms with Crippen molar-refractivity contribution in [3.05, 3.63) is 58.7 Å². The molecule has 18 heavy (non-hydrogen) atoms. The van der Waals surface area contributed by atoms with Crippen LogP contribution in [0.3, 0.4) is 0 Å². The molecule has 0 aliphatic heterocycles. The molecular weight excluding hydrogens is 222 g/mol. The quantitative estimate of drug-likeness (QED) is 0.830. The van der Waals surface area contributed by atoms with Gasteiger partial charge in [-0.2, -0.15) is 0 Å². The molecule has 0 heterocycles. The molecule has 0 saturated carbocycles. The van der Waals surface area contributed by atoms with Gasteiger partial charge >= 0.3 is 0 Å². The van der Waals surface area contributed by atoms with Gasteiger partial charge in [-0.05, 0) is 49.1 Å². The van der Waals surface area contributed by atoms with E-state index in [1.165, 1.54) is 16.7 Å². The van der Waals surface area contributed by atoms with Crippen LogP contribution < -0.4 is 10.5 Å². The molecule has 0 saturated heterocycles. The van der Waals surface area contributed by atoms with Gasteiger partial charge in [-0.3, -0.25) is 0 Å². The number of hydrogen-bond donors (Lipinski definition) is 1. The molecule has 0 unspecified atom stereocenters. The third-order valence-electron chi connectivity index (χ3n) is 3.20. The molecule has 0 aliphatic rings. The van der Waals surface area contributed by atoms with Crippen molar-refractivity contribution in [2.75, 3.05) is 5.73 Å². The third-order valence-corrected chi connectivity index (χ3v) is 3.20. The Labute approximate surface area is 108 Å². The lowest BCUT2D eigenvalue weighted by Gasteiger charge is -2.12. The Bertz CT molecular complexity index is 541. The first-order valence-electron chi connectivity index (χ1n) is 6.12. The second-order valence-electron chi connectivity index (χ2n) is 4.70. The molecule has 2 aromatic carbocycles. The van der Waals surface area contributed by atoms with E-state index in [-0.39, 0.29) is 0 Å². The lowest BCUT2D eigenvalue weighted by Crippen LogP contribution is -2.01. The van der Waals surface area contributed by atoms with Gasteiger partial charge in [0.25, 0.3) is 0 Å². The van der Waals surface area contributed by atoms with Crippen LogP contribution in [-0.4, -0.2) is 0 Å². The van der Waals surface area contributed by atoms with Gasteiger partial charge in [0, 0.05) is 0 Å². The molecule has 0 spiro atoms. The summed E-state index contributed by atoms with van der Waals surface area (Å²) in [5.41, 5.74) is 11.4. The van der Waals surface area contributed by atoms with Crippen LogP contribution in [0.4, 0.5) is 5.69 Å². The average Bonchev–Trinajstić information content (AvgIpc) is 2.33. The molecular formula is C16H19NO. The summed E-state index contributed by atoms with van der Waals surface area (Å²) in [6, 6.07) is 12.2. The molecule has 2 nitrogen and oxygen atoms in total. The van der Waals surface area contributed by atoms with Gasteiger partial charge < -0.3 is 10.5 Å². The van der Waals surface area contributed by atoms with Crippen LogP contribution in [0, 0.1) is 20.8 Å². The minimum Gasteiger partial charge on any atom is -0.486 e.